The van der Waals surface area contributed by atoms with Gasteiger partial charge in [0.25, 0.3) is 0 Å². The van der Waals surface area contributed by atoms with Gasteiger partial charge in [0.15, 0.2) is 0 Å². The van der Waals surface area contributed by atoms with Crippen molar-refractivity contribution in [1.29, 1.82) is 0 Å². The molecule has 2 nitrogen and oxygen atoms in total. The molecular formula is C31H35FNOSi+. The fourth-order valence-electron chi connectivity index (χ4n) is 5.33. The zero-order valence-electron chi connectivity index (χ0n) is 22.4. The summed E-state index contributed by atoms with van der Waals surface area (Å²) in [7, 11) is 0.494. The zero-order valence-corrected chi connectivity index (χ0v) is 23.4. The standard InChI is InChI=1S/C31H35FNOSi/c1-17(2)21-10-11-23-26(15-21)33(6)27(16-28(23)35(7,8)9)29-19(4)18(3)14-24-22-12-13-25(32)20(5)30(22)34-31(24)29/h10-17H,1-9H3/q+1. The summed E-state index contributed by atoms with van der Waals surface area (Å²) in [5, 5.41) is 4.80. The van der Waals surface area contributed by atoms with E-state index in [2.05, 4.69) is 89.3 Å². The van der Waals surface area contributed by atoms with Crippen molar-refractivity contribution in [3.8, 4) is 11.3 Å². The third-order valence-electron chi connectivity index (χ3n) is 7.68. The second-order valence-electron chi connectivity index (χ2n) is 11.4. The Kier molecular flexibility index (Phi) is 5.44. The van der Waals surface area contributed by atoms with Gasteiger partial charge in [-0.15, -0.1) is 0 Å². The number of halogens is 1. The predicted octanol–water partition coefficient (Wildman–Crippen LogP) is 7.96. The highest BCUT2D eigenvalue weighted by molar-refractivity contribution is 6.90. The fraction of sp³-hybridized carbons (Fsp3) is 0.323. The molecule has 0 saturated carbocycles. The number of benzene rings is 3. The van der Waals surface area contributed by atoms with E-state index >= 15 is 0 Å². The SMILES string of the molecule is Cc1cc2c(oc3c(C)c(F)ccc32)c(-c2cc([Si](C)(C)C)c3ccc(C(C)C)cc3[n+]2C)c1C. The van der Waals surface area contributed by atoms with Gasteiger partial charge in [-0.05, 0) is 72.8 Å². The molecule has 35 heavy (non-hydrogen) atoms. The highest BCUT2D eigenvalue weighted by atomic mass is 28.3. The molecule has 0 radical (unpaired) electrons. The summed E-state index contributed by atoms with van der Waals surface area (Å²) in [6, 6.07) is 14.9. The Bertz CT molecular complexity index is 1650. The molecule has 0 aliphatic heterocycles. The van der Waals surface area contributed by atoms with Gasteiger partial charge in [-0.1, -0.05) is 39.6 Å². The van der Waals surface area contributed by atoms with Crippen LogP contribution in [0, 0.1) is 26.6 Å². The van der Waals surface area contributed by atoms with E-state index in [1.54, 1.807) is 13.0 Å². The zero-order chi connectivity index (χ0) is 25.4. The average Bonchev–Trinajstić information content (AvgIpc) is 3.15. The Morgan fingerprint density at radius 3 is 2.17 bits per heavy atom. The molecule has 0 amide bonds. The number of fused-ring (bicyclic) bond motifs is 4. The largest absolute Gasteiger partial charge is 0.455 e. The van der Waals surface area contributed by atoms with E-state index in [9.17, 15) is 4.39 Å². The fourth-order valence-corrected chi connectivity index (χ4v) is 6.92. The van der Waals surface area contributed by atoms with E-state index in [0.717, 1.165) is 27.6 Å². The molecule has 0 unspecified atom stereocenters. The molecule has 4 heteroatoms. The molecule has 3 aromatic carbocycles. The second kappa shape index (κ2) is 8.02. The molecule has 2 aromatic heterocycles. The number of aryl methyl sites for hydroxylation is 3. The summed E-state index contributed by atoms with van der Waals surface area (Å²) in [4.78, 5) is 0. The van der Waals surface area contributed by atoms with Crippen LogP contribution >= 0.6 is 0 Å². The molecule has 0 fully saturated rings. The molecule has 0 spiro atoms. The van der Waals surface area contributed by atoms with Crippen LogP contribution in [0.25, 0.3) is 44.1 Å². The smallest absolute Gasteiger partial charge is 0.216 e. The average molecular weight is 485 g/mol. The normalized spacial score (nSPS) is 12.5. The number of aromatic nitrogens is 1. The predicted molar refractivity (Wildman–Crippen MR) is 149 cm³/mol. The van der Waals surface area contributed by atoms with Crippen molar-refractivity contribution < 1.29 is 13.4 Å². The third-order valence-corrected chi connectivity index (χ3v) is 9.71. The first kappa shape index (κ1) is 23.7. The van der Waals surface area contributed by atoms with Gasteiger partial charge in [0.1, 0.15) is 24.0 Å². The molecule has 180 valence electrons. The lowest BCUT2D eigenvalue weighted by atomic mass is 9.95. The Morgan fingerprint density at radius 2 is 1.51 bits per heavy atom. The van der Waals surface area contributed by atoms with Crippen LogP contribution in [0.2, 0.25) is 19.6 Å². The van der Waals surface area contributed by atoms with Crippen LogP contribution in [0.4, 0.5) is 4.39 Å². The quantitative estimate of drug-likeness (QED) is 0.187. The molecule has 0 aliphatic rings. The van der Waals surface area contributed by atoms with Gasteiger partial charge in [-0.25, -0.2) is 4.39 Å². The number of rotatable bonds is 3. The van der Waals surface area contributed by atoms with Crippen LogP contribution in [-0.2, 0) is 7.05 Å². The van der Waals surface area contributed by atoms with E-state index in [4.69, 9.17) is 4.42 Å². The lowest BCUT2D eigenvalue weighted by Crippen LogP contribution is -2.43. The van der Waals surface area contributed by atoms with Gasteiger partial charge < -0.3 is 4.42 Å². The molecular weight excluding hydrogens is 449 g/mol. The number of nitrogens with zero attached hydrogens (tertiary/aromatic N) is 1. The Balaban J connectivity index is 1.97. The maximum absolute atomic E-state index is 14.4. The molecule has 0 N–H and O–H groups in total. The van der Waals surface area contributed by atoms with Crippen LogP contribution < -0.4 is 9.75 Å². The minimum Gasteiger partial charge on any atom is -0.455 e. The summed E-state index contributed by atoms with van der Waals surface area (Å²) in [6.07, 6.45) is 0. The van der Waals surface area contributed by atoms with E-state index in [1.165, 1.54) is 32.8 Å². The minimum atomic E-state index is -1.67. The van der Waals surface area contributed by atoms with Crippen LogP contribution in [0.5, 0.6) is 0 Å². The van der Waals surface area contributed by atoms with Crippen LogP contribution in [0.15, 0.2) is 46.9 Å². The summed E-state index contributed by atoms with van der Waals surface area (Å²) < 4.78 is 23.2. The van der Waals surface area contributed by atoms with Gasteiger partial charge in [0, 0.05) is 33.9 Å². The summed E-state index contributed by atoms with van der Waals surface area (Å²) in [5.41, 5.74) is 9.30. The number of furan rings is 1. The van der Waals surface area contributed by atoms with Crippen LogP contribution in [-0.4, -0.2) is 8.07 Å². The maximum Gasteiger partial charge on any atom is 0.216 e. The van der Waals surface area contributed by atoms with E-state index in [1.807, 2.05) is 6.07 Å². The Hall–Kier alpha value is -2.98. The second-order valence-corrected chi connectivity index (χ2v) is 16.4. The Labute approximate surface area is 208 Å². The monoisotopic (exact) mass is 484 g/mol. The van der Waals surface area contributed by atoms with E-state index in [-0.39, 0.29) is 5.82 Å². The van der Waals surface area contributed by atoms with Crippen molar-refractivity contribution >= 4 is 46.1 Å². The molecule has 0 atom stereocenters. The van der Waals surface area contributed by atoms with Crippen LogP contribution in [0.1, 0.15) is 42.0 Å². The number of hydrogen-bond donors (Lipinski definition) is 0. The lowest BCUT2D eigenvalue weighted by Gasteiger charge is -2.21. The summed E-state index contributed by atoms with van der Waals surface area (Å²) >= 11 is 0. The van der Waals surface area contributed by atoms with Crippen molar-refractivity contribution in [3.05, 3.63) is 70.5 Å². The number of hydrogen-bond acceptors (Lipinski definition) is 1. The minimum absolute atomic E-state index is 0.231. The summed E-state index contributed by atoms with van der Waals surface area (Å²) in [6.45, 7) is 17.9. The molecule has 5 rings (SSSR count). The maximum atomic E-state index is 14.4. The highest BCUT2D eigenvalue weighted by Gasteiger charge is 2.30. The number of pyridine rings is 1. The van der Waals surface area contributed by atoms with Crippen molar-refractivity contribution in [2.75, 3.05) is 0 Å². The topological polar surface area (TPSA) is 17.0 Å². The van der Waals surface area contributed by atoms with Gasteiger partial charge in [0.2, 0.25) is 11.2 Å². The lowest BCUT2D eigenvalue weighted by molar-refractivity contribution is -0.633. The van der Waals surface area contributed by atoms with Crippen LogP contribution in [0.3, 0.4) is 0 Å². The van der Waals surface area contributed by atoms with Crippen molar-refractivity contribution in [3.63, 3.8) is 0 Å². The summed E-state index contributed by atoms with van der Waals surface area (Å²) in [5.74, 6) is 0.226. The molecule has 2 heterocycles. The first-order valence-electron chi connectivity index (χ1n) is 12.5. The van der Waals surface area contributed by atoms with Gasteiger partial charge in [-0.2, -0.15) is 4.57 Å². The van der Waals surface area contributed by atoms with E-state index < -0.39 is 8.07 Å². The van der Waals surface area contributed by atoms with Gasteiger partial charge in [-0.3, -0.25) is 0 Å². The molecule has 0 saturated heterocycles. The molecule has 5 aromatic rings. The van der Waals surface area contributed by atoms with Gasteiger partial charge in [0.05, 0.1) is 13.6 Å². The Morgan fingerprint density at radius 1 is 0.829 bits per heavy atom. The molecule has 0 bridgehead atoms. The molecule has 0 aliphatic carbocycles. The first-order chi connectivity index (χ1) is 16.4. The van der Waals surface area contributed by atoms with Crippen molar-refractivity contribution in [1.82, 2.24) is 0 Å². The van der Waals surface area contributed by atoms with E-state index in [0.29, 0.717) is 17.1 Å². The van der Waals surface area contributed by atoms with Crippen molar-refractivity contribution in [2.45, 2.75) is 60.2 Å². The first-order valence-corrected chi connectivity index (χ1v) is 16.0. The highest BCUT2D eigenvalue weighted by Crippen LogP contribution is 2.40. The van der Waals surface area contributed by atoms with Crippen molar-refractivity contribution in [2.24, 2.45) is 7.05 Å². The van der Waals surface area contributed by atoms with Gasteiger partial charge >= 0.3 is 0 Å². The third kappa shape index (κ3) is 3.61.